The van der Waals surface area contributed by atoms with Gasteiger partial charge in [-0.1, -0.05) is 0 Å². The van der Waals surface area contributed by atoms with Crippen LogP contribution >= 0.6 is 15.9 Å². The standard InChI is InChI=1S/C10H11BrN6O/c11-8-3-14-9(4-13-8)16-10(18)7-5-17(2-1-12)6-15-7/h3-6H,1-2,12H2,(H,14,16,18). The maximum Gasteiger partial charge on any atom is 0.277 e. The van der Waals surface area contributed by atoms with Crippen LogP contribution in [0.4, 0.5) is 5.82 Å². The number of nitrogens with one attached hydrogen (secondary N) is 1. The zero-order valence-corrected chi connectivity index (χ0v) is 11.0. The van der Waals surface area contributed by atoms with E-state index in [4.69, 9.17) is 5.73 Å². The summed E-state index contributed by atoms with van der Waals surface area (Å²) in [6.07, 6.45) is 6.16. The van der Waals surface area contributed by atoms with E-state index in [1.807, 2.05) is 0 Å². The molecular formula is C10H11BrN6O. The molecule has 2 aromatic rings. The summed E-state index contributed by atoms with van der Waals surface area (Å²) in [5, 5.41) is 2.60. The Morgan fingerprint density at radius 1 is 1.39 bits per heavy atom. The molecule has 0 saturated carbocycles. The maximum atomic E-state index is 11.8. The van der Waals surface area contributed by atoms with Crippen LogP contribution in [0, 0.1) is 0 Å². The first kappa shape index (κ1) is 12.7. The average molecular weight is 311 g/mol. The first-order chi connectivity index (χ1) is 8.69. The van der Waals surface area contributed by atoms with Gasteiger partial charge in [-0.15, -0.1) is 0 Å². The fourth-order valence-electron chi connectivity index (χ4n) is 1.31. The Morgan fingerprint density at radius 2 is 2.22 bits per heavy atom. The highest BCUT2D eigenvalue weighted by Crippen LogP contribution is 2.07. The second-order valence-electron chi connectivity index (χ2n) is 3.46. The summed E-state index contributed by atoms with van der Waals surface area (Å²) >= 11 is 3.16. The van der Waals surface area contributed by atoms with Crippen LogP contribution in [0.15, 0.2) is 29.5 Å². The molecule has 2 rings (SSSR count). The fourth-order valence-corrected chi connectivity index (χ4v) is 1.51. The third-order valence-electron chi connectivity index (χ3n) is 2.12. The molecular weight excluding hydrogens is 300 g/mol. The summed E-state index contributed by atoms with van der Waals surface area (Å²) in [6.45, 7) is 1.12. The number of anilines is 1. The fraction of sp³-hybridized carbons (Fsp3) is 0.200. The van der Waals surface area contributed by atoms with Gasteiger partial charge in [-0.25, -0.2) is 15.0 Å². The smallest absolute Gasteiger partial charge is 0.277 e. The first-order valence-electron chi connectivity index (χ1n) is 5.20. The second kappa shape index (κ2) is 5.69. The minimum atomic E-state index is -0.331. The number of amides is 1. The molecule has 8 heteroatoms. The van der Waals surface area contributed by atoms with Gasteiger partial charge in [-0.05, 0) is 15.9 Å². The van der Waals surface area contributed by atoms with Crippen molar-refractivity contribution in [2.75, 3.05) is 11.9 Å². The lowest BCUT2D eigenvalue weighted by atomic mass is 10.4. The number of rotatable bonds is 4. The van der Waals surface area contributed by atoms with E-state index in [0.29, 0.717) is 29.2 Å². The molecule has 94 valence electrons. The van der Waals surface area contributed by atoms with E-state index in [0.717, 1.165) is 0 Å². The number of hydrogen-bond donors (Lipinski definition) is 2. The number of carbonyl (C=O) groups is 1. The molecule has 7 nitrogen and oxygen atoms in total. The monoisotopic (exact) mass is 310 g/mol. The van der Waals surface area contributed by atoms with Crippen molar-refractivity contribution < 1.29 is 4.79 Å². The Balaban J connectivity index is 2.04. The molecule has 0 aliphatic rings. The molecule has 0 atom stereocenters. The molecule has 0 aliphatic heterocycles. The molecule has 0 bridgehead atoms. The topological polar surface area (TPSA) is 98.7 Å². The molecule has 3 N–H and O–H groups in total. The second-order valence-corrected chi connectivity index (χ2v) is 4.28. The van der Waals surface area contributed by atoms with Crippen molar-refractivity contribution in [3.63, 3.8) is 0 Å². The molecule has 0 aromatic carbocycles. The number of imidazole rings is 1. The van der Waals surface area contributed by atoms with Gasteiger partial charge in [0.1, 0.15) is 10.3 Å². The van der Waals surface area contributed by atoms with Crippen LogP contribution in [0.25, 0.3) is 0 Å². The summed E-state index contributed by atoms with van der Waals surface area (Å²) in [6, 6.07) is 0. The van der Waals surface area contributed by atoms with E-state index in [1.165, 1.54) is 12.4 Å². The SMILES string of the molecule is NCCn1cnc(C(=O)Nc2cnc(Br)cn2)c1. The third-order valence-corrected chi connectivity index (χ3v) is 2.52. The lowest BCUT2D eigenvalue weighted by Crippen LogP contribution is -2.14. The van der Waals surface area contributed by atoms with Crippen LogP contribution in [-0.2, 0) is 6.54 Å². The van der Waals surface area contributed by atoms with Gasteiger partial charge in [0, 0.05) is 19.3 Å². The van der Waals surface area contributed by atoms with Crippen molar-refractivity contribution in [1.82, 2.24) is 19.5 Å². The Bertz CT molecular complexity index is 538. The number of nitrogens with zero attached hydrogens (tertiary/aromatic N) is 4. The molecule has 1 amide bonds. The van der Waals surface area contributed by atoms with Crippen LogP contribution in [0.2, 0.25) is 0 Å². The molecule has 18 heavy (non-hydrogen) atoms. The predicted molar refractivity (Wildman–Crippen MR) is 69.0 cm³/mol. The minimum Gasteiger partial charge on any atom is -0.335 e. The molecule has 0 fully saturated rings. The average Bonchev–Trinajstić information content (AvgIpc) is 2.81. The minimum absolute atomic E-state index is 0.313. The Morgan fingerprint density at radius 3 is 2.89 bits per heavy atom. The van der Waals surface area contributed by atoms with E-state index in [2.05, 4.69) is 36.2 Å². The highest BCUT2D eigenvalue weighted by atomic mass is 79.9. The normalized spacial score (nSPS) is 10.3. The van der Waals surface area contributed by atoms with Crippen molar-refractivity contribution in [2.24, 2.45) is 5.73 Å². The lowest BCUT2D eigenvalue weighted by molar-refractivity contribution is 0.102. The number of nitrogens with two attached hydrogens (primary N) is 1. The number of halogens is 1. The van der Waals surface area contributed by atoms with Crippen LogP contribution in [-0.4, -0.2) is 32.0 Å². The zero-order chi connectivity index (χ0) is 13.0. The molecule has 0 unspecified atom stereocenters. The van der Waals surface area contributed by atoms with E-state index in [9.17, 15) is 4.79 Å². The quantitative estimate of drug-likeness (QED) is 0.863. The number of hydrogen-bond acceptors (Lipinski definition) is 5. The summed E-state index contributed by atoms with van der Waals surface area (Å²) in [7, 11) is 0. The van der Waals surface area contributed by atoms with Crippen LogP contribution in [0.5, 0.6) is 0 Å². The number of aromatic nitrogens is 4. The van der Waals surface area contributed by atoms with Gasteiger partial charge >= 0.3 is 0 Å². The summed E-state index contributed by atoms with van der Waals surface area (Å²) in [5.74, 6) is 0.0407. The Hall–Kier alpha value is -1.80. The van der Waals surface area contributed by atoms with Gasteiger partial charge < -0.3 is 15.6 Å². The summed E-state index contributed by atoms with van der Waals surface area (Å²) < 4.78 is 2.36. The predicted octanol–water partition coefficient (Wildman–Crippen LogP) is 0.647. The number of carbonyl (C=O) groups excluding carboxylic acids is 1. The van der Waals surface area contributed by atoms with E-state index >= 15 is 0 Å². The lowest BCUT2D eigenvalue weighted by Gasteiger charge is -2.01. The van der Waals surface area contributed by atoms with Crippen LogP contribution < -0.4 is 11.1 Å². The van der Waals surface area contributed by atoms with Gasteiger partial charge in [-0.3, -0.25) is 4.79 Å². The van der Waals surface area contributed by atoms with Gasteiger partial charge in [0.25, 0.3) is 5.91 Å². The van der Waals surface area contributed by atoms with Gasteiger partial charge in [0.15, 0.2) is 5.82 Å². The maximum absolute atomic E-state index is 11.8. The van der Waals surface area contributed by atoms with E-state index in [-0.39, 0.29) is 5.91 Å². The molecule has 2 aromatic heterocycles. The molecule has 0 radical (unpaired) electrons. The van der Waals surface area contributed by atoms with Crippen molar-refractivity contribution in [3.8, 4) is 0 Å². The highest BCUT2D eigenvalue weighted by molar-refractivity contribution is 9.10. The van der Waals surface area contributed by atoms with Crippen molar-refractivity contribution in [3.05, 3.63) is 35.2 Å². The molecule has 2 heterocycles. The molecule has 0 saturated heterocycles. The first-order valence-corrected chi connectivity index (χ1v) is 5.99. The zero-order valence-electron chi connectivity index (χ0n) is 9.38. The van der Waals surface area contributed by atoms with Crippen molar-refractivity contribution >= 4 is 27.7 Å². The van der Waals surface area contributed by atoms with Gasteiger partial charge in [0.05, 0.1) is 18.7 Å². The van der Waals surface area contributed by atoms with E-state index in [1.54, 1.807) is 17.1 Å². The van der Waals surface area contributed by atoms with E-state index < -0.39 is 0 Å². The van der Waals surface area contributed by atoms with Crippen molar-refractivity contribution in [1.29, 1.82) is 0 Å². The molecule has 0 spiro atoms. The third kappa shape index (κ3) is 3.11. The summed E-state index contributed by atoms with van der Waals surface area (Å²) in [4.78, 5) is 23.8. The highest BCUT2D eigenvalue weighted by Gasteiger charge is 2.10. The Kier molecular flexibility index (Phi) is 4.00. The van der Waals surface area contributed by atoms with Gasteiger partial charge in [-0.2, -0.15) is 0 Å². The van der Waals surface area contributed by atoms with Crippen LogP contribution in [0.3, 0.4) is 0 Å². The van der Waals surface area contributed by atoms with Crippen LogP contribution in [0.1, 0.15) is 10.5 Å². The molecule has 0 aliphatic carbocycles. The summed E-state index contributed by atoms with van der Waals surface area (Å²) in [5.41, 5.74) is 5.72. The van der Waals surface area contributed by atoms with Crippen molar-refractivity contribution in [2.45, 2.75) is 6.54 Å². The van der Waals surface area contributed by atoms with Gasteiger partial charge in [0.2, 0.25) is 0 Å². The largest absolute Gasteiger partial charge is 0.335 e. The Labute approximate surface area is 112 Å².